The Balaban J connectivity index is 1.58. The first-order valence-corrected chi connectivity index (χ1v) is 13.4. The van der Waals surface area contributed by atoms with Crippen LogP contribution >= 0.6 is 0 Å². The standard InChI is InChI=1S/C29H38N4O4/c1-19(2)25-24(29(36)37-4)26(31-27(30-25)22-12-6-5-7-13-22)28(35)32-16-17-33(20(3)18-32)23(34)15-14-21-10-8-9-11-21/h5-7,12-13,19-21H,8-11,14-18H2,1-4H3. The fourth-order valence-electron chi connectivity index (χ4n) is 5.50. The van der Waals surface area contributed by atoms with Crippen molar-refractivity contribution in [2.45, 2.75) is 71.3 Å². The van der Waals surface area contributed by atoms with Gasteiger partial charge < -0.3 is 14.5 Å². The molecular formula is C29H38N4O4. The van der Waals surface area contributed by atoms with E-state index in [0.29, 0.717) is 43.5 Å². The van der Waals surface area contributed by atoms with Crippen molar-refractivity contribution < 1.29 is 19.1 Å². The van der Waals surface area contributed by atoms with Gasteiger partial charge in [-0.3, -0.25) is 9.59 Å². The zero-order valence-electron chi connectivity index (χ0n) is 22.4. The third-order valence-electron chi connectivity index (χ3n) is 7.58. The van der Waals surface area contributed by atoms with E-state index in [0.717, 1.165) is 12.0 Å². The summed E-state index contributed by atoms with van der Waals surface area (Å²) in [7, 11) is 1.30. The zero-order valence-corrected chi connectivity index (χ0v) is 22.4. The minimum Gasteiger partial charge on any atom is -0.465 e. The summed E-state index contributed by atoms with van der Waals surface area (Å²) >= 11 is 0. The maximum absolute atomic E-state index is 13.8. The van der Waals surface area contributed by atoms with Crippen LogP contribution in [0.2, 0.25) is 0 Å². The number of amides is 2. The molecule has 8 nitrogen and oxygen atoms in total. The van der Waals surface area contributed by atoms with E-state index >= 15 is 0 Å². The molecule has 0 radical (unpaired) electrons. The van der Waals surface area contributed by atoms with Crippen LogP contribution in [-0.4, -0.2) is 70.3 Å². The summed E-state index contributed by atoms with van der Waals surface area (Å²) in [6, 6.07) is 9.31. The zero-order chi connectivity index (χ0) is 26.5. The van der Waals surface area contributed by atoms with Gasteiger partial charge in [-0.15, -0.1) is 0 Å². The van der Waals surface area contributed by atoms with Crippen LogP contribution < -0.4 is 0 Å². The molecule has 2 heterocycles. The van der Waals surface area contributed by atoms with Crippen molar-refractivity contribution in [3.63, 3.8) is 0 Å². The van der Waals surface area contributed by atoms with Crippen LogP contribution in [0.5, 0.6) is 0 Å². The van der Waals surface area contributed by atoms with Crippen LogP contribution in [0.15, 0.2) is 30.3 Å². The molecule has 1 aromatic heterocycles. The van der Waals surface area contributed by atoms with E-state index in [1.807, 2.05) is 56.0 Å². The van der Waals surface area contributed by atoms with Crippen LogP contribution in [0.25, 0.3) is 11.4 Å². The van der Waals surface area contributed by atoms with E-state index in [1.54, 1.807) is 4.90 Å². The average Bonchev–Trinajstić information content (AvgIpc) is 3.44. The number of piperazine rings is 1. The fourth-order valence-corrected chi connectivity index (χ4v) is 5.50. The molecule has 0 N–H and O–H groups in total. The lowest BCUT2D eigenvalue weighted by Gasteiger charge is -2.40. The summed E-state index contributed by atoms with van der Waals surface area (Å²) in [5.41, 5.74) is 1.42. The molecule has 1 unspecified atom stereocenters. The normalized spacial score (nSPS) is 18.4. The number of rotatable bonds is 7. The number of hydrogen-bond acceptors (Lipinski definition) is 6. The lowest BCUT2D eigenvalue weighted by Crippen LogP contribution is -2.55. The molecule has 1 saturated heterocycles. The van der Waals surface area contributed by atoms with Gasteiger partial charge in [0.25, 0.3) is 5.91 Å². The molecule has 37 heavy (non-hydrogen) atoms. The summed E-state index contributed by atoms with van der Waals surface area (Å²) in [6.45, 7) is 7.07. The quantitative estimate of drug-likeness (QED) is 0.506. The molecule has 2 fully saturated rings. The number of nitrogens with zero attached hydrogens (tertiary/aromatic N) is 4. The number of ether oxygens (including phenoxy) is 1. The summed E-state index contributed by atoms with van der Waals surface area (Å²) in [5, 5.41) is 0. The SMILES string of the molecule is COC(=O)c1c(C(=O)N2CCN(C(=O)CCC3CCCC3)C(C)C2)nc(-c2ccccc2)nc1C(C)C. The molecule has 8 heteroatoms. The minimum atomic E-state index is -0.625. The Hall–Kier alpha value is -3.29. The number of hydrogen-bond donors (Lipinski definition) is 0. The van der Waals surface area contributed by atoms with Crippen molar-refractivity contribution in [1.29, 1.82) is 0 Å². The van der Waals surface area contributed by atoms with Crippen LogP contribution in [-0.2, 0) is 9.53 Å². The third kappa shape index (κ3) is 6.00. The van der Waals surface area contributed by atoms with E-state index in [2.05, 4.69) is 9.97 Å². The summed E-state index contributed by atoms with van der Waals surface area (Å²) in [4.78, 5) is 52.5. The molecule has 198 valence electrons. The largest absolute Gasteiger partial charge is 0.465 e. The van der Waals surface area contributed by atoms with Crippen LogP contribution in [0.3, 0.4) is 0 Å². The lowest BCUT2D eigenvalue weighted by molar-refractivity contribution is -0.135. The van der Waals surface area contributed by atoms with E-state index in [4.69, 9.17) is 4.74 Å². The van der Waals surface area contributed by atoms with Crippen LogP contribution in [0.1, 0.15) is 91.8 Å². The van der Waals surface area contributed by atoms with Gasteiger partial charge in [0.15, 0.2) is 5.82 Å². The van der Waals surface area contributed by atoms with Gasteiger partial charge in [-0.05, 0) is 25.2 Å². The highest BCUT2D eigenvalue weighted by Gasteiger charge is 2.35. The molecular weight excluding hydrogens is 468 g/mol. The number of carbonyl (C=O) groups is 3. The van der Waals surface area contributed by atoms with Gasteiger partial charge in [-0.1, -0.05) is 69.9 Å². The molecule has 0 bridgehead atoms. The van der Waals surface area contributed by atoms with Gasteiger partial charge in [0.05, 0.1) is 12.8 Å². The second-order valence-corrected chi connectivity index (χ2v) is 10.5. The Kier molecular flexibility index (Phi) is 8.56. The van der Waals surface area contributed by atoms with Gasteiger partial charge in [0.2, 0.25) is 5.91 Å². The maximum atomic E-state index is 13.8. The first-order chi connectivity index (χ1) is 17.8. The van der Waals surface area contributed by atoms with E-state index in [9.17, 15) is 14.4 Å². The van der Waals surface area contributed by atoms with Gasteiger partial charge >= 0.3 is 5.97 Å². The molecule has 2 aromatic rings. The molecule has 2 amide bonds. The smallest absolute Gasteiger partial charge is 0.342 e. The molecule has 2 aliphatic rings. The van der Waals surface area contributed by atoms with Crippen molar-refractivity contribution in [3.05, 3.63) is 47.3 Å². The van der Waals surface area contributed by atoms with Crippen molar-refractivity contribution in [2.24, 2.45) is 5.92 Å². The van der Waals surface area contributed by atoms with Gasteiger partial charge in [0, 0.05) is 37.7 Å². The Morgan fingerprint density at radius 3 is 2.38 bits per heavy atom. The average molecular weight is 507 g/mol. The molecule has 0 spiro atoms. The van der Waals surface area contributed by atoms with E-state index < -0.39 is 5.97 Å². The number of aromatic nitrogens is 2. The molecule has 1 saturated carbocycles. The molecule has 1 aromatic carbocycles. The molecule has 1 atom stereocenters. The van der Waals surface area contributed by atoms with Gasteiger partial charge in [-0.2, -0.15) is 0 Å². The monoisotopic (exact) mass is 506 g/mol. The summed E-state index contributed by atoms with van der Waals surface area (Å²) in [6.07, 6.45) is 6.54. The van der Waals surface area contributed by atoms with Gasteiger partial charge in [-0.25, -0.2) is 14.8 Å². The van der Waals surface area contributed by atoms with Crippen molar-refractivity contribution in [3.8, 4) is 11.4 Å². The topological polar surface area (TPSA) is 92.7 Å². The number of carbonyl (C=O) groups excluding carboxylic acids is 3. The molecule has 1 aliphatic carbocycles. The number of esters is 1. The number of benzene rings is 1. The van der Waals surface area contributed by atoms with Crippen molar-refractivity contribution in [1.82, 2.24) is 19.8 Å². The molecule has 4 rings (SSSR count). The predicted octanol–water partition coefficient (Wildman–Crippen LogP) is 4.70. The lowest BCUT2D eigenvalue weighted by atomic mass is 10.00. The third-order valence-corrected chi connectivity index (χ3v) is 7.58. The van der Waals surface area contributed by atoms with Crippen molar-refractivity contribution in [2.75, 3.05) is 26.7 Å². The Morgan fingerprint density at radius 1 is 1.05 bits per heavy atom. The Labute approximate surface area is 219 Å². The van der Waals surface area contributed by atoms with E-state index in [1.165, 1.54) is 32.8 Å². The second-order valence-electron chi connectivity index (χ2n) is 10.5. The summed E-state index contributed by atoms with van der Waals surface area (Å²) < 4.78 is 5.05. The van der Waals surface area contributed by atoms with Gasteiger partial charge in [0.1, 0.15) is 11.3 Å². The van der Waals surface area contributed by atoms with Crippen molar-refractivity contribution >= 4 is 17.8 Å². The fraction of sp³-hybridized carbons (Fsp3) is 0.552. The summed E-state index contributed by atoms with van der Waals surface area (Å²) in [5.74, 6) is 0.142. The molecule has 1 aliphatic heterocycles. The maximum Gasteiger partial charge on any atom is 0.342 e. The van der Waals surface area contributed by atoms with Crippen LogP contribution in [0.4, 0.5) is 0 Å². The highest BCUT2D eigenvalue weighted by atomic mass is 16.5. The minimum absolute atomic E-state index is 0.0533. The highest BCUT2D eigenvalue weighted by molar-refractivity contribution is 6.05. The second kappa shape index (κ2) is 11.8. The highest BCUT2D eigenvalue weighted by Crippen LogP contribution is 2.30. The first-order valence-electron chi connectivity index (χ1n) is 13.4. The predicted molar refractivity (Wildman–Crippen MR) is 141 cm³/mol. The Bertz CT molecular complexity index is 1130. The number of methoxy groups -OCH3 is 1. The van der Waals surface area contributed by atoms with E-state index in [-0.39, 0.29) is 35.0 Å². The first kappa shape index (κ1) is 26.8. The van der Waals surface area contributed by atoms with Crippen LogP contribution in [0, 0.1) is 5.92 Å². The Morgan fingerprint density at radius 2 is 1.76 bits per heavy atom.